The number of carbonyl (C=O) groups is 1. The first-order valence-electron chi connectivity index (χ1n) is 9.52. The fourth-order valence-electron chi connectivity index (χ4n) is 3.46. The minimum Gasteiger partial charge on any atom is -0.425 e. The van der Waals surface area contributed by atoms with Crippen molar-refractivity contribution >= 4 is 18.1 Å². The molecule has 0 aliphatic carbocycles. The largest absolute Gasteiger partial charge is 0.425 e. The van der Waals surface area contributed by atoms with Gasteiger partial charge in [0.25, 0.3) is 0 Å². The SMILES string of the molecule is CC(C)(C)CC(C)(C)c1ccc(OC(=O)C(CCCCN=C=O)N=C=O)cc1. The van der Waals surface area contributed by atoms with Crippen LogP contribution in [0.2, 0.25) is 0 Å². The lowest BCUT2D eigenvalue weighted by molar-refractivity contribution is -0.135. The Kier molecular flexibility index (Phi) is 8.98. The summed E-state index contributed by atoms with van der Waals surface area (Å²) in [7, 11) is 0. The average molecular weight is 386 g/mol. The highest BCUT2D eigenvalue weighted by molar-refractivity contribution is 5.79. The van der Waals surface area contributed by atoms with E-state index in [1.54, 1.807) is 12.1 Å². The zero-order valence-electron chi connectivity index (χ0n) is 17.4. The third kappa shape index (κ3) is 8.43. The fraction of sp³-hybridized carbons (Fsp3) is 0.591. The van der Waals surface area contributed by atoms with E-state index in [0.717, 1.165) is 6.42 Å². The predicted molar refractivity (Wildman–Crippen MR) is 108 cm³/mol. The van der Waals surface area contributed by atoms with E-state index < -0.39 is 12.0 Å². The van der Waals surface area contributed by atoms with Gasteiger partial charge in [0.15, 0.2) is 6.04 Å². The molecule has 0 aromatic heterocycles. The maximum Gasteiger partial charge on any atom is 0.337 e. The molecule has 152 valence electrons. The minimum absolute atomic E-state index is 0.00483. The number of ether oxygens (including phenoxy) is 1. The Hall–Kier alpha value is -2.55. The van der Waals surface area contributed by atoms with Gasteiger partial charge in [-0.15, -0.1) is 0 Å². The van der Waals surface area contributed by atoms with Gasteiger partial charge in [0.1, 0.15) is 5.75 Å². The van der Waals surface area contributed by atoms with Gasteiger partial charge in [-0.05, 0) is 54.2 Å². The van der Waals surface area contributed by atoms with Crippen LogP contribution >= 0.6 is 0 Å². The molecule has 1 aromatic rings. The van der Waals surface area contributed by atoms with E-state index in [0.29, 0.717) is 31.6 Å². The molecule has 0 aliphatic rings. The molecule has 1 aromatic carbocycles. The summed E-state index contributed by atoms with van der Waals surface area (Å²) in [5, 5.41) is 0. The van der Waals surface area contributed by atoms with Gasteiger partial charge in [-0.1, -0.05) is 46.8 Å². The predicted octanol–water partition coefficient (Wildman–Crippen LogP) is 4.52. The Morgan fingerprint density at radius 2 is 1.68 bits per heavy atom. The Bertz CT molecular complexity index is 735. The number of benzene rings is 1. The smallest absolute Gasteiger partial charge is 0.337 e. The van der Waals surface area contributed by atoms with Crippen LogP contribution in [0.1, 0.15) is 65.9 Å². The second-order valence-electron chi connectivity index (χ2n) is 8.77. The van der Waals surface area contributed by atoms with E-state index in [1.807, 2.05) is 12.1 Å². The number of carbonyl (C=O) groups excluding carboxylic acids is 3. The molecule has 6 heteroatoms. The van der Waals surface area contributed by atoms with Gasteiger partial charge in [-0.3, -0.25) is 0 Å². The van der Waals surface area contributed by atoms with E-state index in [2.05, 4.69) is 44.6 Å². The molecule has 0 fully saturated rings. The standard InChI is InChI=1S/C22H30N2O4/c1-21(2,3)14-22(4,5)17-9-11-18(12-10-17)28-20(27)19(24-16-26)8-6-7-13-23-15-25/h9-12,19H,6-8,13-14H2,1-5H3. The van der Waals surface area contributed by atoms with Crippen LogP contribution in [0.4, 0.5) is 0 Å². The second-order valence-corrected chi connectivity index (χ2v) is 8.77. The number of unbranched alkanes of at least 4 members (excludes halogenated alkanes) is 1. The number of aliphatic imine (C=N–C) groups is 2. The first-order valence-corrected chi connectivity index (χ1v) is 9.52. The summed E-state index contributed by atoms with van der Waals surface area (Å²) in [4.78, 5) is 39.9. The normalized spacial score (nSPS) is 12.5. The molecule has 1 rings (SSSR count). The minimum atomic E-state index is -0.908. The lowest BCUT2D eigenvalue weighted by Crippen LogP contribution is -2.25. The van der Waals surface area contributed by atoms with Crippen molar-refractivity contribution in [1.82, 2.24) is 0 Å². The number of rotatable bonds is 10. The van der Waals surface area contributed by atoms with Crippen molar-refractivity contribution in [2.45, 2.75) is 71.8 Å². The molecule has 1 unspecified atom stereocenters. The van der Waals surface area contributed by atoms with Gasteiger partial charge in [0.05, 0.1) is 6.54 Å². The van der Waals surface area contributed by atoms with Gasteiger partial charge in [0, 0.05) is 0 Å². The molecule has 0 radical (unpaired) electrons. The van der Waals surface area contributed by atoms with Crippen LogP contribution < -0.4 is 4.74 Å². The summed E-state index contributed by atoms with van der Waals surface area (Å²) >= 11 is 0. The summed E-state index contributed by atoms with van der Waals surface area (Å²) in [5.74, 6) is -0.180. The summed E-state index contributed by atoms with van der Waals surface area (Å²) < 4.78 is 5.38. The van der Waals surface area contributed by atoms with Crippen LogP contribution in [0.3, 0.4) is 0 Å². The fourth-order valence-corrected chi connectivity index (χ4v) is 3.46. The Morgan fingerprint density at radius 1 is 1.04 bits per heavy atom. The van der Waals surface area contributed by atoms with Crippen LogP contribution in [0.15, 0.2) is 34.3 Å². The quantitative estimate of drug-likeness (QED) is 0.195. The zero-order chi connectivity index (χ0) is 21.2. The highest BCUT2D eigenvalue weighted by atomic mass is 16.5. The molecule has 0 bridgehead atoms. The molecular formula is C22H30N2O4. The highest BCUT2D eigenvalue weighted by Gasteiger charge is 2.27. The summed E-state index contributed by atoms with van der Waals surface area (Å²) in [6.45, 7) is 11.4. The van der Waals surface area contributed by atoms with Gasteiger partial charge in [0.2, 0.25) is 12.2 Å². The molecule has 0 aliphatic heterocycles. The Morgan fingerprint density at radius 3 is 2.21 bits per heavy atom. The van der Waals surface area contributed by atoms with E-state index >= 15 is 0 Å². The third-order valence-electron chi connectivity index (χ3n) is 4.37. The molecule has 0 heterocycles. The van der Waals surface area contributed by atoms with Crippen LogP contribution in [-0.2, 0) is 19.8 Å². The molecule has 28 heavy (non-hydrogen) atoms. The van der Waals surface area contributed by atoms with E-state index in [4.69, 9.17) is 4.74 Å². The van der Waals surface area contributed by atoms with Crippen LogP contribution in [0.5, 0.6) is 5.75 Å². The number of esters is 1. The topological polar surface area (TPSA) is 85.2 Å². The summed E-state index contributed by atoms with van der Waals surface area (Å²) in [6, 6.07) is 6.54. The van der Waals surface area contributed by atoms with Crippen molar-refractivity contribution in [2.75, 3.05) is 6.54 Å². The molecule has 0 amide bonds. The van der Waals surface area contributed by atoms with Crippen molar-refractivity contribution < 1.29 is 19.1 Å². The van der Waals surface area contributed by atoms with E-state index in [-0.39, 0.29) is 10.8 Å². The monoisotopic (exact) mass is 386 g/mol. The Balaban J connectivity index is 2.73. The molecule has 0 spiro atoms. The lowest BCUT2D eigenvalue weighted by atomic mass is 9.72. The third-order valence-corrected chi connectivity index (χ3v) is 4.37. The number of hydrogen-bond donors (Lipinski definition) is 0. The zero-order valence-corrected chi connectivity index (χ0v) is 17.4. The second kappa shape index (κ2) is 10.7. The molecule has 0 saturated carbocycles. The number of isocyanates is 2. The van der Waals surface area contributed by atoms with Crippen LogP contribution in [-0.4, -0.2) is 30.7 Å². The first-order chi connectivity index (χ1) is 13.1. The van der Waals surface area contributed by atoms with Crippen molar-refractivity contribution in [3.05, 3.63) is 29.8 Å². The first kappa shape index (κ1) is 23.5. The Labute approximate surface area is 167 Å². The van der Waals surface area contributed by atoms with E-state index in [1.165, 1.54) is 17.7 Å². The average Bonchev–Trinajstić information content (AvgIpc) is 2.59. The maximum absolute atomic E-state index is 12.3. The van der Waals surface area contributed by atoms with Crippen molar-refractivity contribution in [1.29, 1.82) is 0 Å². The molecular weight excluding hydrogens is 356 g/mol. The molecule has 6 nitrogen and oxygen atoms in total. The summed E-state index contributed by atoms with van der Waals surface area (Å²) in [5.41, 5.74) is 1.36. The lowest BCUT2D eigenvalue weighted by Gasteiger charge is -2.33. The van der Waals surface area contributed by atoms with Crippen LogP contribution in [0.25, 0.3) is 0 Å². The number of nitrogens with zero attached hydrogens (tertiary/aromatic N) is 2. The van der Waals surface area contributed by atoms with Crippen molar-refractivity contribution in [3.8, 4) is 5.75 Å². The van der Waals surface area contributed by atoms with Crippen LogP contribution in [0, 0.1) is 5.41 Å². The molecule has 0 N–H and O–H groups in total. The van der Waals surface area contributed by atoms with Gasteiger partial charge < -0.3 is 4.74 Å². The van der Waals surface area contributed by atoms with Gasteiger partial charge in [-0.2, -0.15) is 4.99 Å². The van der Waals surface area contributed by atoms with Gasteiger partial charge >= 0.3 is 5.97 Å². The highest BCUT2D eigenvalue weighted by Crippen LogP contribution is 2.36. The van der Waals surface area contributed by atoms with Gasteiger partial charge in [-0.25, -0.2) is 19.4 Å². The van der Waals surface area contributed by atoms with E-state index in [9.17, 15) is 14.4 Å². The maximum atomic E-state index is 12.3. The number of hydrogen-bond acceptors (Lipinski definition) is 6. The van der Waals surface area contributed by atoms with Crippen molar-refractivity contribution in [3.63, 3.8) is 0 Å². The molecule has 1 atom stereocenters. The summed E-state index contributed by atoms with van der Waals surface area (Å²) in [6.07, 6.45) is 5.42. The molecule has 0 saturated heterocycles. The van der Waals surface area contributed by atoms with Crippen molar-refractivity contribution in [2.24, 2.45) is 15.4 Å².